The molecule has 1 atom stereocenters. The van der Waals surface area contributed by atoms with Crippen LogP contribution in [0, 0.1) is 0 Å². The number of aliphatic hydroxyl groups excluding tert-OH is 1. The number of hydrogen-bond acceptors (Lipinski definition) is 4. The highest BCUT2D eigenvalue weighted by molar-refractivity contribution is 9.10. The van der Waals surface area contributed by atoms with Crippen molar-refractivity contribution in [3.05, 3.63) is 75.8 Å². The average molecular weight is 458 g/mol. The number of hydrogen-bond donors (Lipinski definition) is 2. The molecule has 0 aromatic heterocycles. The quantitative estimate of drug-likeness (QED) is 0.416. The van der Waals surface area contributed by atoms with Gasteiger partial charge in [-0.25, -0.2) is 0 Å². The van der Waals surface area contributed by atoms with Crippen LogP contribution in [-0.4, -0.2) is 54.7 Å². The van der Waals surface area contributed by atoms with Crippen molar-refractivity contribution in [3.8, 4) is 0 Å². The van der Waals surface area contributed by atoms with Crippen LogP contribution in [0.25, 0.3) is 5.76 Å². The van der Waals surface area contributed by atoms with E-state index in [1.807, 2.05) is 30.3 Å². The van der Waals surface area contributed by atoms with Gasteiger partial charge in [0.15, 0.2) is 6.67 Å². The number of likely N-dealkylation sites (tertiary alicyclic amines) is 1. The lowest BCUT2D eigenvalue weighted by molar-refractivity contribution is -0.916. The number of quaternary nitrogens is 1. The number of halogens is 1. The van der Waals surface area contributed by atoms with E-state index < -0.39 is 17.7 Å². The number of amides is 1. The second-order valence-corrected chi connectivity index (χ2v) is 8.12. The fourth-order valence-electron chi connectivity index (χ4n) is 3.85. The summed E-state index contributed by atoms with van der Waals surface area (Å²) in [5.74, 6) is -1.36. The third kappa shape index (κ3) is 3.99. The van der Waals surface area contributed by atoms with Crippen molar-refractivity contribution in [1.29, 1.82) is 0 Å². The third-order valence-electron chi connectivity index (χ3n) is 5.37. The van der Waals surface area contributed by atoms with Crippen molar-refractivity contribution in [2.75, 3.05) is 33.0 Å². The topological polar surface area (TPSA) is 71.3 Å². The Morgan fingerprint density at radius 2 is 1.72 bits per heavy atom. The molecule has 0 spiro atoms. The summed E-state index contributed by atoms with van der Waals surface area (Å²) in [6, 6.07) is 15.8. The lowest BCUT2D eigenvalue weighted by Gasteiger charge is -2.31. The van der Waals surface area contributed by atoms with Crippen LogP contribution in [-0.2, 0) is 14.3 Å². The minimum atomic E-state index is -0.646. The molecule has 2 aromatic rings. The highest BCUT2D eigenvalue weighted by Crippen LogP contribution is 2.39. The number of morpholine rings is 1. The van der Waals surface area contributed by atoms with Gasteiger partial charge in [0.1, 0.15) is 18.8 Å². The number of ketones is 1. The highest BCUT2D eigenvalue weighted by atomic mass is 79.9. The second kappa shape index (κ2) is 8.49. The first-order valence-electron chi connectivity index (χ1n) is 9.57. The van der Waals surface area contributed by atoms with Crippen molar-refractivity contribution in [3.63, 3.8) is 0 Å². The zero-order valence-corrected chi connectivity index (χ0v) is 17.4. The molecule has 0 radical (unpaired) electrons. The molecule has 2 N–H and O–H groups in total. The molecular weight excluding hydrogens is 436 g/mol. The van der Waals surface area contributed by atoms with Gasteiger partial charge in [0.25, 0.3) is 11.7 Å². The number of carbonyl (C=O) groups is 2. The minimum Gasteiger partial charge on any atom is -0.507 e. The maximum atomic E-state index is 13.0. The summed E-state index contributed by atoms with van der Waals surface area (Å²) in [5.41, 5.74) is 1.44. The molecule has 0 bridgehead atoms. The Morgan fingerprint density at radius 1 is 1.07 bits per heavy atom. The van der Waals surface area contributed by atoms with Gasteiger partial charge in [-0.1, -0.05) is 58.4 Å². The van der Waals surface area contributed by atoms with E-state index in [9.17, 15) is 14.7 Å². The molecule has 2 fully saturated rings. The van der Waals surface area contributed by atoms with Gasteiger partial charge in [-0.2, -0.15) is 0 Å². The van der Waals surface area contributed by atoms with Crippen molar-refractivity contribution in [2.24, 2.45) is 0 Å². The Bertz CT molecular complexity index is 937. The second-order valence-electron chi connectivity index (χ2n) is 7.21. The lowest BCUT2D eigenvalue weighted by atomic mass is 9.95. The number of benzene rings is 2. The Kier molecular flexibility index (Phi) is 5.80. The van der Waals surface area contributed by atoms with E-state index in [-0.39, 0.29) is 11.3 Å². The van der Waals surface area contributed by atoms with E-state index in [2.05, 4.69) is 15.9 Å². The van der Waals surface area contributed by atoms with E-state index in [4.69, 9.17) is 4.74 Å². The molecule has 2 heterocycles. The molecule has 0 saturated carbocycles. The Hall–Kier alpha value is -2.48. The van der Waals surface area contributed by atoms with Gasteiger partial charge in [0.05, 0.1) is 24.8 Å². The number of nitrogens with one attached hydrogen (secondary N) is 1. The summed E-state index contributed by atoms with van der Waals surface area (Å²) in [7, 11) is 0. The zero-order chi connectivity index (χ0) is 20.4. The third-order valence-corrected chi connectivity index (χ3v) is 5.90. The monoisotopic (exact) mass is 457 g/mol. The number of carbonyl (C=O) groups excluding carboxylic acids is 2. The van der Waals surface area contributed by atoms with Gasteiger partial charge in [0, 0.05) is 10.0 Å². The molecule has 1 amide bonds. The molecule has 2 aromatic carbocycles. The summed E-state index contributed by atoms with van der Waals surface area (Å²) >= 11 is 3.43. The predicted octanol–water partition coefficient (Wildman–Crippen LogP) is 1.74. The molecule has 2 aliphatic rings. The average Bonchev–Trinajstić information content (AvgIpc) is 3.00. The van der Waals surface area contributed by atoms with Crippen LogP contribution in [0.4, 0.5) is 0 Å². The predicted molar refractivity (Wildman–Crippen MR) is 111 cm³/mol. The lowest BCUT2D eigenvalue weighted by Crippen LogP contribution is -3.15. The van der Waals surface area contributed by atoms with E-state index in [1.54, 1.807) is 29.2 Å². The Morgan fingerprint density at radius 3 is 2.38 bits per heavy atom. The molecule has 150 valence electrons. The fraction of sp³-hybridized carbons (Fsp3) is 0.273. The molecule has 2 saturated heterocycles. The number of rotatable bonds is 4. The fourth-order valence-corrected chi connectivity index (χ4v) is 4.11. The summed E-state index contributed by atoms with van der Waals surface area (Å²) < 4.78 is 6.31. The van der Waals surface area contributed by atoms with Crippen molar-refractivity contribution >= 4 is 33.4 Å². The summed E-state index contributed by atoms with van der Waals surface area (Å²) in [6.45, 7) is 3.20. The first-order chi connectivity index (χ1) is 14.1. The van der Waals surface area contributed by atoms with Crippen LogP contribution in [0.1, 0.15) is 17.2 Å². The van der Waals surface area contributed by atoms with Gasteiger partial charge >= 0.3 is 0 Å². The Balaban J connectivity index is 1.79. The molecule has 6 nitrogen and oxygen atoms in total. The standard InChI is InChI=1S/C22H21BrN2O4/c23-17-8-6-15(7-9-17)19-18(20(26)16-4-2-1-3-5-16)21(27)22(28)25(19)14-24-10-12-29-13-11-24/h1-9,19,26H,10-14H2/p+1/t19-/m1/s1. The Labute approximate surface area is 177 Å². The largest absolute Gasteiger partial charge is 0.507 e. The van der Waals surface area contributed by atoms with Crippen molar-refractivity contribution < 1.29 is 24.3 Å². The van der Waals surface area contributed by atoms with Crippen LogP contribution in [0.3, 0.4) is 0 Å². The van der Waals surface area contributed by atoms with Gasteiger partial charge in [-0.05, 0) is 17.7 Å². The number of ether oxygens (including phenoxy) is 1. The number of nitrogens with zero attached hydrogens (tertiary/aromatic N) is 1. The van der Waals surface area contributed by atoms with Crippen LogP contribution >= 0.6 is 15.9 Å². The summed E-state index contributed by atoms with van der Waals surface area (Å²) in [6.07, 6.45) is 0. The SMILES string of the molecule is O=C1C(=O)N(C[NH+]2CCOCC2)[C@H](c2ccc(Br)cc2)C1=C(O)c1ccccc1. The van der Waals surface area contributed by atoms with E-state index in [0.717, 1.165) is 23.1 Å². The first kappa shape index (κ1) is 19.8. The van der Waals surface area contributed by atoms with Gasteiger partial charge < -0.3 is 14.7 Å². The van der Waals surface area contributed by atoms with E-state index in [1.165, 1.54) is 4.90 Å². The van der Waals surface area contributed by atoms with Crippen molar-refractivity contribution in [2.45, 2.75) is 6.04 Å². The molecule has 4 rings (SSSR count). The molecule has 29 heavy (non-hydrogen) atoms. The summed E-state index contributed by atoms with van der Waals surface area (Å²) in [4.78, 5) is 28.7. The van der Waals surface area contributed by atoms with Gasteiger partial charge in [0.2, 0.25) is 0 Å². The molecule has 7 heteroatoms. The van der Waals surface area contributed by atoms with Crippen LogP contribution in [0.2, 0.25) is 0 Å². The summed E-state index contributed by atoms with van der Waals surface area (Å²) in [5, 5.41) is 11.0. The van der Waals surface area contributed by atoms with Gasteiger partial charge in [-0.3, -0.25) is 14.5 Å². The highest BCUT2D eigenvalue weighted by Gasteiger charge is 2.47. The molecule has 0 unspecified atom stereocenters. The van der Waals surface area contributed by atoms with E-state index >= 15 is 0 Å². The first-order valence-corrected chi connectivity index (χ1v) is 10.4. The zero-order valence-electron chi connectivity index (χ0n) is 15.8. The van der Waals surface area contributed by atoms with E-state index in [0.29, 0.717) is 25.4 Å². The maximum absolute atomic E-state index is 13.0. The van der Waals surface area contributed by atoms with Crippen LogP contribution in [0.15, 0.2) is 64.6 Å². The molecule has 0 aliphatic carbocycles. The normalized spacial score (nSPS) is 22.2. The minimum absolute atomic E-state index is 0.135. The van der Waals surface area contributed by atoms with Crippen LogP contribution < -0.4 is 4.90 Å². The van der Waals surface area contributed by atoms with Gasteiger partial charge in [-0.15, -0.1) is 0 Å². The number of Topliss-reactive ketones (excluding diaryl/α,β-unsaturated/α-hetero) is 1. The number of aliphatic hydroxyl groups is 1. The smallest absolute Gasteiger partial charge is 0.299 e. The molecular formula is C22H22BrN2O4+. The van der Waals surface area contributed by atoms with Crippen LogP contribution in [0.5, 0.6) is 0 Å². The van der Waals surface area contributed by atoms with Crippen molar-refractivity contribution in [1.82, 2.24) is 4.90 Å². The molecule has 2 aliphatic heterocycles. The maximum Gasteiger partial charge on any atom is 0.299 e.